The molecule has 0 atom stereocenters. The predicted molar refractivity (Wildman–Crippen MR) is 77.9 cm³/mol. The van der Waals surface area contributed by atoms with Gasteiger partial charge in [-0.25, -0.2) is 0 Å². The molecule has 18 heavy (non-hydrogen) atoms. The molecule has 0 spiro atoms. The van der Waals surface area contributed by atoms with Crippen molar-refractivity contribution in [1.29, 1.82) is 0 Å². The van der Waals surface area contributed by atoms with Crippen molar-refractivity contribution in [3.05, 3.63) is 29.1 Å². The Kier molecular flexibility index (Phi) is 5.70. The predicted octanol–water partition coefficient (Wildman–Crippen LogP) is 5.00. The van der Waals surface area contributed by atoms with Gasteiger partial charge in [0.25, 0.3) is 0 Å². The van der Waals surface area contributed by atoms with Gasteiger partial charge in [-0.05, 0) is 49.8 Å². The van der Waals surface area contributed by atoms with E-state index in [1.54, 1.807) is 5.56 Å². The molecule has 0 saturated carbocycles. The van der Waals surface area contributed by atoms with Crippen LogP contribution in [0.15, 0.2) is 12.3 Å². The van der Waals surface area contributed by atoms with Crippen LogP contribution in [0.4, 0.5) is 0 Å². The standard InChI is InChI=1S/C17H27N/c1-15-13-16-11-9-7-5-3-2-4-6-8-10-12-17(16)14-18-15/h13-14H,2-12H2,1H3. The first-order chi connectivity index (χ1) is 8.86. The van der Waals surface area contributed by atoms with Gasteiger partial charge in [0.1, 0.15) is 0 Å². The Balaban J connectivity index is 2.01. The summed E-state index contributed by atoms with van der Waals surface area (Å²) in [6.07, 6.45) is 17.3. The molecule has 1 aromatic heterocycles. The van der Waals surface area contributed by atoms with E-state index in [1.807, 2.05) is 0 Å². The Bertz CT molecular complexity index is 357. The molecule has 0 aromatic carbocycles. The minimum atomic E-state index is 1.18. The molecule has 0 N–H and O–H groups in total. The number of pyridine rings is 1. The molecule has 1 nitrogen and oxygen atoms in total. The first-order valence-corrected chi connectivity index (χ1v) is 7.80. The Morgan fingerprint density at radius 3 is 1.83 bits per heavy atom. The summed E-state index contributed by atoms with van der Waals surface area (Å²) in [7, 11) is 0. The summed E-state index contributed by atoms with van der Waals surface area (Å²) in [4.78, 5) is 4.48. The van der Waals surface area contributed by atoms with Crippen molar-refractivity contribution < 1.29 is 0 Å². The van der Waals surface area contributed by atoms with Crippen LogP contribution in [0.5, 0.6) is 0 Å². The van der Waals surface area contributed by atoms with Crippen molar-refractivity contribution in [3.63, 3.8) is 0 Å². The van der Waals surface area contributed by atoms with E-state index >= 15 is 0 Å². The molecule has 0 unspecified atom stereocenters. The lowest BCUT2D eigenvalue weighted by atomic mass is 9.98. The van der Waals surface area contributed by atoms with Crippen LogP contribution in [-0.2, 0) is 12.8 Å². The van der Waals surface area contributed by atoms with E-state index in [0.29, 0.717) is 0 Å². The van der Waals surface area contributed by atoms with Crippen molar-refractivity contribution in [1.82, 2.24) is 4.98 Å². The van der Waals surface area contributed by atoms with Crippen LogP contribution in [0.3, 0.4) is 0 Å². The molecular weight excluding hydrogens is 218 g/mol. The molecule has 0 saturated heterocycles. The van der Waals surface area contributed by atoms with Gasteiger partial charge in [0.05, 0.1) is 0 Å². The van der Waals surface area contributed by atoms with Crippen molar-refractivity contribution >= 4 is 0 Å². The summed E-state index contributed by atoms with van der Waals surface area (Å²) in [5.74, 6) is 0. The van der Waals surface area contributed by atoms with Gasteiger partial charge in [0.2, 0.25) is 0 Å². The Morgan fingerprint density at radius 2 is 1.22 bits per heavy atom. The van der Waals surface area contributed by atoms with E-state index in [2.05, 4.69) is 24.2 Å². The maximum Gasteiger partial charge on any atom is 0.0375 e. The highest BCUT2D eigenvalue weighted by Crippen LogP contribution is 2.19. The van der Waals surface area contributed by atoms with Crippen LogP contribution in [-0.4, -0.2) is 4.98 Å². The van der Waals surface area contributed by atoms with Gasteiger partial charge < -0.3 is 0 Å². The van der Waals surface area contributed by atoms with Crippen LogP contribution in [0.25, 0.3) is 0 Å². The smallest absolute Gasteiger partial charge is 0.0375 e. The fraction of sp³-hybridized carbons (Fsp3) is 0.706. The van der Waals surface area contributed by atoms with Gasteiger partial charge >= 0.3 is 0 Å². The maximum absolute atomic E-state index is 4.48. The third kappa shape index (κ3) is 4.44. The molecule has 1 aliphatic rings. The molecule has 2 rings (SSSR count). The summed E-state index contributed by atoms with van der Waals surface area (Å²) in [5.41, 5.74) is 4.26. The number of nitrogens with zero attached hydrogens (tertiary/aromatic N) is 1. The summed E-state index contributed by atoms with van der Waals surface area (Å²) in [6, 6.07) is 2.31. The monoisotopic (exact) mass is 245 g/mol. The number of rotatable bonds is 0. The number of aryl methyl sites for hydroxylation is 3. The fourth-order valence-electron chi connectivity index (χ4n) is 2.97. The van der Waals surface area contributed by atoms with Crippen LogP contribution in [0.1, 0.15) is 74.6 Å². The third-order valence-corrected chi connectivity index (χ3v) is 4.11. The number of hydrogen-bond donors (Lipinski definition) is 0. The van der Waals surface area contributed by atoms with E-state index in [4.69, 9.17) is 0 Å². The first-order valence-electron chi connectivity index (χ1n) is 7.80. The molecule has 0 aliphatic heterocycles. The highest BCUT2D eigenvalue weighted by molar-refractivity contribution is 5.26. The normalized spacial score (nSPS) is 19.2. The average Bonchev–Trinajstić information content (AvgIpc) is 2.39. The largest absolute Gasteiger partial charge is 0.261 e. The number of fused-ring (bicyclic) bond motifs is 1. The Morgan fingerprint density at radius 1 is 0.722 bits per heavy atom. The van der Waals surface area contributed by atoms with Gasteiger partial charge in [0, 0.05) is 11.9 Å². The molecule has 1 aromatic rings. The number of hydrogen-bond acceptors (Lipinski definition) is 1. The van der Waals surface area contributed by atoms with Gasteiger partial charge in [-0.3, -0.25) is 4.98 Å². The fourth-order valence-corrected chi connectivity index (χ4v) is 2.97. The molecule has 0 amide bonds. The minimum Gasteiger partial charge on any atom is -0.261 e. The lowest BCUT2D eigenvalue weighted by Gasteiger charge is -2.09. The first kappa shape index (κ1) is 13.6. The van der Waals surface area contributed by atoms with Crippen molar-refractivity contribution in [3.8, 4) is 0 Å². The molecule has 0 fully saturated rings. The molecule has 1 heteroatoms. The van der Waals surface area contributed by atoms with E-state index < -0.39 is 0 Å². The van der Waals surface area contributed by atoms with Crippen LogP contribution >= 0.6 is 0 Å². The second-order valence-electron chi connectivity index (χ2n) is 5.78. The maximum atomic E-state index is 4.48. The van der Waals surface area contributed by atoms with Gasteiger partial charge in [-0.15, -0.1) is 0 Å². The third-order valence-electron chi connectivity index (χ3n) is 4.11. The zero-order chi connectivity index (χ0) is 12.6. The topological polar surface area (TPSA) is 12.9 Å². The van der Waals surface area contributed by atoms with E-state index in [0.717, 1.165) is 0 Å². The van der Waals surface area contributed by atoms with Gasteiger partial charge in [-0.2, -0.15) is 0 Å². The van der Waals surface area contributed by atoms with Crippen molar-refractivity contribution in [2.75, 3.05) is 0 Å². The molecule has 1 aliphatic carbocycles. The molecule has 0 bridgehead atoms. The lowest BCUT2D eigenvalue weighted by molar-refractivity contribution is 0.564. The highest BCUT2D eigenvalue weighted by atomic mass is 14.7. The molecule has 1 heterocycles. The molecule has 0 radical (unpaired) electrons. The van der Waals surface area contributed by atoms with E-state index in [9.17, 15) is 0 Å². The second-order valence-corrected chi connectivity index (χ2v) is 5.78. The highest BCUT2D eigenvalue weighted by Gasteiger charge is 2.05. The van der Waals surface area contributed by atoms with Gasteiger partial charge in [0.15, 0.2) is 0 Å². The van der Waals surface area contributed by atoms with E-state index in [-0.39, 0.29) is 0 Å². The van der Waals surface area contributed by atoms with Crippen LogP contribution in [0, 0.1) is 6.92 Å². The van der Waals surface area contributed by atoms with Crippen LogP contribution in [0.2, 0.25) is 0 Å². The minimum absolute atomic E-state index is 1.18. The zero-order valence-electron chi connectivity index (χ0n) is 11.9. The zero-order valence-corrected chi connectivity index (χ0v) is 11.9. The summed E-state index contributed by atoms with van der Waals surface area (Å²) < 4.78 is 0. The Labute approximate surface area is 112 Å². The SMILES string of the molecule is Cc1cc2c(cn1)CCCCCCCCCCC2. The van der Waals surface area contributed by atoms with Crippen molar-refractivity contribution in [2.45, 2.75) is 77.6 Å². The van der Waals surface area contributed by atoms with E-state index in [1.165, 1.54) is 81.9 Å². The summed E-state index contributed by atoms with van der Waals surface area (Å²) in [5, 5.41) is 0. The summed E-state index contributed by atoms with van der Waals surface area (Å²) in [6.45, 7) is 2.11. The second kappa shape index (κ2) is 7.56. The van der Waals surface area contributed by atoms with Crippen molar-refractivity contribution in [2.24, 2.45) is 0 Å². The van der Waals surface area contributed by atoms with Crippen LogP contribution < -0.4 is 0 Å². The lowest BCUT2D eigenvalue weighted by Crippen LogP contribution is -1.98. The molecular formula is C17H27N. The number of aromatic nitrogens is 1. The molecule has 100 valence electrons. The average molecular weight is 245 g/mol. The summed E-state index contributed by atoms with van der Waals surface area (Å²) >= 11 is 0. The Hall–Kier alpha value is -0.850. The quantitative estimate of drug-likeness (QED) is 0.627. The van der Waals surface area contributed by atoms with Gasteiger partial charge in [-0.1, -0.05) is 44.9 Å².